The van der Waals surface area contributed by atoms with E-state index in [0.29, 0.717) is 0 Å². The number of ether oxygens (including phenoxy) is 1. The second kappa shape index (κ2) is 4.73. The molecule has 108 valence electrons. The molecule has 2 heteroatoms. The molecule has 0 radical (unpaired) electrons. The Bertz CT molecular complexity index is 770. The third-order valence-corrected chi connectivity index (χ3v) is 4.83. The van der Waals surface area contributed by atoms with Gasteiger partial charge in [-0.25, -0.2) is 0 Å². The lowest BCUT2D eigenvalue weighted by atomic mass is 9.87. The van der Waals surface area contributed by atoms with Crippen molar-refractivity contribution >= 4 is 5.78 Å². The van der Waals surface area contributed by atoms with Gasteiger partial charge in [-0.15, -0.1) is 0 Å². The van der Waals surface area contributed by atoms with Crippen LogP contribution in [0.3, 0.4) is 0 Å². The highest BCUT2D eigenvalue weighted by Crippen LogP contribution is 2.44. The minimum absolute atomic E-state index is 0.134. The van der Waals surface area contributed by atoms with E-state index in [1.165, 1.54) is 16.7 Å². The van der Waals surface area contributed by atoms with Gasteiger partial charge in [0.1, 0.15) is 5.75 Å². The molecule has 0 N–H and O–H groups in total. The fourth-order valence-corrected chi connectivity index (χ4v) is 3.43. The van der Waals surface area contributed by atoms with E-state index in [9.17, 15) is 4.79 Å². The van der Waals surface area contributed by atoms with Crippen molar-refractivity contribution in [3.05, 3.63) is 51.6 Å². The number of carbonyl (C=O) groups is 1. The molecule has 2 aromatic carbocycles. The van der Waals surface area contributed by atoms with Gasteiger partial charge in [-0.05, 0) is 78.8 Å². The van der Waals surface area contributed by atoms with Crippen molar-refractivity contribution in [3.8, 4) is 16.9 Å². The quantitative estimate of drug-likeness (QED) is 0.695. The summed E-state index contributed by atoms with van der Waals surface area (Å²) in [5, 5.41) is 0. The maximum absolute atomic E-state index is 12.9. The zero-order chi connectivity index (χ0) is 15.3. The van der Waals surface area contributed by atoms with Crippen molar-refractivity contribution in [1.82, 2.24) is 0 Å². The van der Waals surface area contributed by atoms with Crippen molar-refractivity contribution in [3.63, 3.8) is 0 Å². The van der Waals surface area contributed by atoms with Gasteiger partial charge >= 0.3 is 0 Å². The normalized spacial score (nSPS) is 12.3. The van der Waals surface area contributed by atoms with E-state index in [0.717, 1.165) is 40.0 Å². The number of hydrogen-bond donors (Lipinski definition) is 0. The number of carbonyl (C=O) groups excluding carboxylic acids is 1. The Balaban J connectivity index is 2.41. The molecule has 2 aromatic rings. The smallest absolute Gasteiger partial charge is 0.194 e. The molecule has 0 fully saturated rings. The summed E-state index contributed by atoms with van der Waals surface area (Å²) < 4.78 is 5.27. The Morgan fingerprint density at radius 3 is 2.29 bits per heavy atom. The van der Waals surface area contributed by atoms with Gasteiger partial charge < -0.3 is 4.74 Å². The van der Waals surface area contributed by atoms with Crippen LogP contribution in [0, 0.1) is 20.8 Å². The van der Waals surface area contributed by atoms with Crippen LogP contribution in [-0.4, -0.2) is 12.9 Å². The molecule has 1 aliphatic carbocycles. The van der Waals surface area contributed by atoms with Crippen LogP contribution in [0.15, 0.2) is 18.2 Å². The van der Waals surface area contributed by atoms with Gasteiger partial charge in [-0.2, -0.15) is 0 Å². The summed E-state index contributed by atoms with van der Waals surface area (Å²) in [6.07, 6.45) is 0.939. The fraction of sp³-hybridized carbons (Fsp3) is 0.316. The highest BCUT2D eigenvalue weighted by Gasteiger charge is 2.32. The minimum Gasteiger partial charge on any atom is -0.497 e. The van der Waals surface area contributed by atoms with E-state index < -0.39 is 0 Å². The van der Waals surface area contributed by atoms with Gasteiger partial charge in [0.15, 0.2) is 5.78 Å². The van der Waals surface area contributed by atoms with Crippen LogP contribution in [0.5, 0.6) is 5.75 Å². The second-order valence-corrected chi connectivity index (χ2v) is 5.70. The summed E-state index contributed by atoms with van der Waals surface area (Å²) in [5.74, 6) is 0.869. The Labute approximate surface area is 125 Å². The monoisotopic (exact) mass is 280 g/mol. The predicted molar refractivity (Wildman–Crippen MR) is 85.5 cm³/mol. The molecular weight excluding hydrogens is 260 g/mol. The van der Waals surface area contributed by atoms with Crippen molar-refractivity contribution in [2.45, 2.75) is 34.1 Å². The van der Waals surface area contributed by atoms with Gasteiger partial charge in [0.2, 0.25) is 0 Å². The fourth-order valence-electron chi connectivity index (χ4n) is 3.43. The van der Waals surface area contributed by atoms with Gasteiger partial charge in [-0.3, -0.25) is 4.79 Å². The number of benzene rings is 2. The Hall–Kier alpha value is -2.09. The third-order valence-electron chi connectivity index (χ3n) is 4.83. The second-order valence-electron chi connectivity index (χ2n) is 5.70. The lowest BCUT2D eigenvalue weighted by molar-refractivity contribution is 0.104. The third kappa shape index (κ3) is 1.75. The molecule has 0 amide bonds. The molecule has 1 aliphatic rings. The van der Waals surface area contributed by atoms with Gasteiger partial charge in [0.25, 0.3) is 0 Å². The van der Waals surface area contributed by atoms with Crippen molar-refractivity contribution in [2.24, 2.45) is 0 Å². The van der Waals surface area contributed by atoms with Gasteiger partial charge in [-0.1, -0.05) is 6.92 Å². The van der Waals surface area contributed by atoms with E-state index in [1.54, 1.807) is 7.11 Å². The summed E-state index contributed by atoms with van der Waals surface area (Å²) in [4.78, 5) is 12.9. The molecule has 0 spiro atoms. The molecule has 0 saturated carbocycles. The molecule has 0 saturated heterocycles. The summed E-state index contributed by atoms with van der Waals surface area (Å²) in [5.41, 5.74) is 8.80. The predicted octanol–water partition coefficient (Wildman–Crippen LogP) is 4.39. The average Bonchev–Trinajstić information content (AvgIpc) is 2.78. The van der Waals surface area contributed by atoms with Crippen LogP contribution in [0.25, 0.3) is 11.1 Å². The molecule has 0 aromatic heterocycles. The summed E-state index contributed by atoms with van der Waals surface area (Å²) in [6, 6.07) is 5.82. The summed E-state index contributed by atoms with van der Waals surface area (Å²) >= 11 is 0. The van der Waals surface area contributed by atoms with Crippen molar-refractivity contribution in [1.29, 1.82) is 0 Å². The van der Waals surface area contributed by atoms with Crippen LogP contribution < -0.4 is 4.74 Å². The van der Waals surface area contributed by atoms with Crippen LogP contribution in [0.2, 0.25) is 0 Å². The summed E-state index contributed by atoms with van der Waals surface area (Å²) in [6.45, 7) is 8.49. The first-order valence-corrected chi connectivity index (χ1v) is 7.37. The maximum atomic E-state index is 12.9. The van der Waals surface area contributed by atoms with Crippen LogP contribution in [0.4, 0.5) is 0 Å². The Morgan fingerprint density at radius 1 is 0.952 bits per heavy atom. The number of rotatable bonds is 2. The largest absolute Gasteiger partial charge is 0.497 e. The SMILES string of the molecule is CCc1c(C)c(C)c(C)c2c1-c1ccc(OC)cc1C2=O. The van der Waals surface area contributed by atoms with Crippen molar-refractivity contribution in [2.75, 3.05) is 7.11 Å². The van der Waals surface area contributed by atoms with E-state index in [4.69, 9.17) is 4.74 Å². The Kier molecular flexibility index (Phi) is 3.12. The van der Waals surface area contributed by atoms with Crippen LogP contribution >= 0.6 is 0 Å². The first-order chi connectivity index (χ1) is 10.0. The van der Waals surface area contributed by atoms with E-state index in [1.807, 2.05) is 18.2 Å². The number of ketones is 1. The standard InChI is InChI=1S/C19H20O2/c1-6-14-11(3)10(2)12(4)17-18(14)15-8-7-13(21-5)9-16(15)19(17)20/h7-9H,6H2,1-5H3. The number of fused-ring (bicyclic) bond motifs is 3. The van der Waals surface area contributed by atoms with Crippen molar-refractivity contribution < 1.29 is 9.53 Å². The number of methoxy groups -OCH3 is 1. The lowest BCUT2D eigenvalue weighted by Crippen LogP contribution is -2.04. The zero-order valence-corrected chi connectivity index (χ0v) is 13.3. The maximum Gasteiger partial charge on any atom is 0.194 e. The van der Waals surface area contributed by atoms with Gasteiger partial charge in [0.05, 0.1) is 7.11 Å². The average molecular weight is 280 g/mol. The first kappa shape index (κ1) is 13.9. The molecule has 0 aliphatic heterocycles. The molecule has 21 heavy (non-hydrogen) atoms. The van der Waals surface area contributed by atoms with E-state index in [-0.39, 0.29) is 5.78 Å². The highest BCUT2D eigenvalue weighted by molar-refractivity contribution is 6.23. The highest BCUT2D eigenvalue weighted by atomic mass is 16.5. The molecule has 0 heterocycles. The molecular formula is C19H20O2. The van der Waals surface area contributed by atoms with Crippen LogP contribution in [-0.2, 0) is 6.42 Å². The zero-order valence-electron chi connectivity index (χ0n) is 13.3. The number of hydrogen-bond acceptors (Lipinski definition) is 2. The molecule has 3 rings (SSSR count). The van der Waals surface area contributed by atoms with E-state index in [2.05, 4.69) is 27.7 Å². The molecule has 0 atom stereocenters. The molecule has 0 unspecified atom stereocenters. The summed E-state index contributed by atoms with van der Waals surface area (Å²) in [7, 11) is 1.63. The first-order valence-electron chi connectivity index (χ1n) is 7.37. The Morgan fingerprint density at radius 2 is 1.67 bits per heavy atom. The molecule has 2 nitrogen and oxygen atoms in total. The van der Waals surface area contributed by atoms with Crippen LogP contribution in [0.1, 0.15) is 45.1 Å². The van der Waals surface area contributed by atoms with E-state index >= 15 is 0 Å². The van der Waals surface area contributed by atoms with Gasteiger partial charge in [0, 0.05) is 11.1 Å². The lowest BCUT2D eigenvalue weighted by Gasteiger charge is -2.17. The topological polar surface area (TPSA) is 26.3 Å². The minimum atomic E-state index is 0.134. The molecule has 0 bridgehead atoms.